The zero-order valence-electron chi connectivity index (χ0n) is 10.1. The maximum Gasteiger partial charge on any atom is 0.341 e. The summed E-state index contributed by atoms with van der Waals surface area (Å²) in [5.41, 5.74) is 0.725. The fraction of sp³-hybridized carbons (Fsp3) is 0.250. The highest BCUT2D eigenvalue weighted by Crippen LogP contribution is 2.25. The van der Waals surface area contributed by atoms with Gasteiger partial charge in [-0.15, -0.1) is 0 Å². The van der Waals surface area contributed by atoms with Gasteiger partial charge in [0.25, 0.3) is 0 Å². The summed E-state index contributed by atoms with van der Waals surface area (Å²) in [6, 6.07) is 1.59. The largest absolute Gasteiger partial charge is 0.477 e. The van der Waals surface area contributed by atoms with Gasteiger partial charge in [-0.1, -0.05) is 0 Å². The predicted octanol–water partition coefficient (Wildman–Crippen LogP) is 2.10. The van der Waals surface area contributed by atoms with Gasteiger partial charge in [-0.25, -0.2) is 4.79 Å². The molecule has 0 bridgehead atoms. The molecule has 0 radical (unpaired) electrons. The topological polar surface area (TPSA) is 77.2 Å². The van der Waals surface area contributed by atoms with Crippen LogP contribution in [-0.4, -0.2) is 25.8 Å². The molecule has 2 aromatic heterocycles. The number of aryl methyl sites for hydroxylation is 2. The van der Waals surface area contributed by atoms with E-state index in [-0.39, 0.29) is 11.3 Å². The van der Waals surface area contributed by atoms with Crippen molar-refractivity contribution >= 4 is 5.97 Å². The molecule has 0 aliphatic carbocycles. The minimum absolute atomic E-state index is 0.0323. The van der Waals surface area contributed by atoms with Gasteiger partial charge in [0.1, 0.15) is 11.3 Å². The molecule has 0 aliphatic heterocycles. The summed E-state index contributed by atoms with van der Waals surface area (Å²) >= 11 is 0. The van der Waals surface area contributed by atoms with Gasteiger partial charge in [-0.05, 0) is 13.8 Å². The molecule has 2 aromatic rings. The number of hydrogen-bond acceptors (Lipinski definition) is 4. The third-order valence-electron chi connectivity index (χ3n) is 2.39. The standard InChI is InChI=1S/C12H13N3O3/c1-3-15-7-9(5-14-15)18-11-4-8(2)13-6-10(11)12(16)17/h4-7H,3H2,1-2H3,(H,16,17). The Kier molecular flexibility index (Phi) is 3.27. The summed E-state index contributed by atoms with van der Waals surface area (Å²) in [6.45, 7) is 4.45. The molecule has 2 rings (SSSR count). The van der Waals surface area contributed by atoms with Gasteiger partial charge in [-0.3, -0.25) is 9.67 Å². The molecule has 0 aromatic carbocycles. The van der Waals surface area contributed by atoms with Crippen LogP contribution in [0.3, 0.4) is 0 Å². The molecule has 18 heavy (non-hydrogen) atoms. The Balaban J connectivity index is 2.32. The second-order valence-corrected chi connectivity index (χ2v) is 3.76. The first-order chi connectivity index (χ1) is 8.60. The van der Waals surface area contributed by atoms with Crippen molar-refractivity contribution in [3.05, 3.63) is 35.9 Å². The molecule has 0 unspecified atom stereocenters. The number of pyridine rings is 1. The van der Waals surface area contributed by atoms with Gasteiger partial charge in [0.2, 0.25) is 0 Å². The second kappa shape index (κ2) is 4.87. The lowest BCUT2D eigenvalue weighted by molar-refractivity contribution is 0.0693. The molecule has 6 heteroatoms. The lowest BCUT2D eigenvalue weighted by atomic mass is 10.2. The Morgan fingerprint density at radius 1 is 1.50 bits per heavy atom. The van der Waals surface area contributed by atoms with Gasteiger partial charge in [0.05, 0.1) is 12.4 Å². The number of carbonyl (C=O) groups is 1. The molecular formula is C12H13N3O3. The Morgan fingerprint density at radius 2 is 2.28 bits per heavy atom. The average Bonchev–Trinajstić information content (AvgIpc) is 2.76. The third kappa shape index (κ3) is 2.48. The van der Waals surface area contributed by atoms with E-state index in [9.17, 15) is 4.79 Å². The zero-order valence-corrected chi connectivity index (χ0v) is 10.1. The molecule has 0 saturated heterocycles. The minimum atomic E-state index is -1.07. The van der Waals surface area contributed by atoms with Gasteiger partial charge in [0.15, 0.2) is 5.75 Å². The van der Waals surface area contributed by atoms with Crippen LogP contribution in [0.1, 0.15) is 23.0 Å². The van der Waals surface area contributed by atoms with E-state index in [2.05, 4.69) is 10.1 Å². The van der Waals surface area contributed by atoms with E-state index >= 15 is 0 Å². The number of hydrogen-bond donors (Lipinski definition) is 1. The lowest BCUT2D eigenvalue weighted by Crippen LogP contribution is -2.01. The number of aromatic carboxylic acids is 1. The van der Waals surface area contributed by atoms with Crippen LogP contribution < -0.4 is 4.74 Å². The molecule has 0 amide bonds. The van der Waals surface area contributed by atoms with Crippen molar-refractivity contribution < 1.29 is 14.6 Å². The van der Waals surface area contributed by atoms with E-state index in [4.69, 9.17) is 9.84 Å². The highest BCUT2D eigenvalue weighted by molar-refractivity contribution is 5.90. The van der Waals surface area contributed by atoms with Crippen molar-refractivity contribution in [2.24, 2.45) is 0 Å². The van der Waals surface area contributed by atoms with Crippen LogP contribution in [0.15, 0.2) is 24.7 Å². The molecule has 1 N–H and O–H groups in total. The number of ether oxygens (including phenoxy) is 1. The van der Waals surface area contributed by atoms with Gasteiger partial charge >= 0.3 is 5.97 Å². The lowest BCUT2D eigenvalue weighted by Gasteiger charge is -2.06. The van der Waals surface area contributed by atoms with E-state index in [1.165, 1.54) is 6.20 Å². The summed E-state index contributed by atoms with van der Waals surface area (Å²) < 4.78 is 7.23. The quantitative estimate of drug-likeness (QED) is 0.895. The summed E-state index contributed by atoms with van der Waals surface area (Å²) in [6.07, 6.45) is 4.55. The van der Waals surface area contributed by atoms with Crippen LogP contribution in [-0.2, 0) is 6.54 Å². The molecule has 0 atom stereocenters. The molecule has 2 heterocycles. The summed E-state index contributed by atoms with van der Waals surface area (Å²) in [5.74, 6) is -0.295. The van der Waals surface area contributed by atoms with Crippen molar-refractivity contribution in [3.8, 4) is 11.5 Å². The monoisotopic (exact) mass is 247 g/mol. The SMILES string of the molecule is CCn1cc(Oc2cc(C)ncc2C(=O)O)cn1. The van der Waals surface area contributed by atoms with Crippen molar-refractivity contribution in [1.29, 1.82) is 0 Å². The molecule has 0 saturated carbocycles. The number of rotatable bonds is 4. The van der Waals surface area contributed by atoms with Gasteiger partial charge in [0, 0.05) is 24.5 Å². The van der Waals surface area contributed by atoms with E-state index in [1.54, 1.807) is 30.1 Å². The maximum absolute atomic E-state index is 11.0. The van der Waals surface area contributed by atoms with Crippen LogP contribution in [0, 0.1) is 6.92 Å². The summed E-state index contributed by atoms with van der Waals surface area (Å²) in [5, 5.41) is 13.1. The van der Waals surface area contributed by atoms with Crippen molar-refractivity contribution in [1.82, 2.24) is 14.8 Å². The molecule has 0 aliphatic rings. The number of carboxylic acids is 1. The Morgan fingerprint density at radius 3 is 2.89 bits per heavy atom. The fourth-order valence-corrected chi connectivity index (χ4v) is 1.48. The first-order valence-corrected chi connectivity index (χ1v) is 5.50. The molecular weight excluding hydrogens is 234 g/mol. The first kappa shape index (κ1) is 12.1. The van der Waals surface area contributed by atoms with Crippen LogP contribution in [0.5, 0.6) is 11.5 Å². The van der Waals surface area contributed by atoms with Gasteiger partial charge < -0.3 is 9.84 Å². The molecule has 0 spiro atoms. The fourth-order valence-electron chi connectivity index (χ4n) is 1.48. The second-order valence-electron chi connectivity index (χ2n) is 3.76. The van der Waals surface area contributed by atoms with E-state index in [0.29, 0.717) is 11.4 Å². The van der Waals surface area contributed by atoms with Crippen LogP contribution >= 0.6 is 0 Å². The van der Waals surface area contributed by atoms with E-state index < -0.39 is 5.97 Å². The molecule has 6 nitrogen and oxygen atoms in total. The van der Waals surface area contributed by atoms with Crippen LogP contribution in [0.2, 0.25) is 0 Å². The normalized spacial score (nSPS) is 10.3. The third-order valence-corrected chi connectivity index (χ3v) is 2.39. The maximum atomic E-state index is 11.0. The molecule has 94 valence electrons. The van der Waals surface area contributed by atoms with Crippen LogP contribution in [0.4, 0.5) is 0 Å². The zero-order chi connectivity index (χ0) is 13.1. The smallest absolute Gasteiger partial charge is 0.341 e. The van der Waals surface area contributed by atoms with Gasteiger partial charge in [-0.2, -0.15) is 5.10 Å². The highest BCUT2D eigenvalue weighted by atomic mass is 16.5. The van der Waals surface area contributed by atoms with Crippen molar-refractivity contribution in [3.63, 3.8) is 0 Å². The van der Waals surface area contributed by atoms with E-state index in [0.717, 1.165) is 6.54 Å². The summed E-state index contributed by atoms with van der Waals surface area (Å²) in [7, 11) is 0. The van der Waals surface area contributed by atoms with Crippen molar-refractivity contribution in [2.45, 2.75) is 20.4 Å². The minimum Gasteiger partial charge on any atom is -0.477 e. The predicted molar refractivity (Wildman–Crippen MR) is 63.9 cm³/mol. The number of nitrogens with zero attached hydrogens (tertiary/aromatic N) is 3. The highest BCUT2D eigenvalue weighted by Gasteiger charge is 2.13. The van der Waals surface area contributed by atoms with Crippen molar-refractivity contribution in [2.75, 3.05) is 0 Å². The average molecular weight is 247 g/mol. The number of aromatic nitrogens is 3. The van der Waals surface area contributed by atoms with E-state index in [1.807, 2.05) is 6.92 Å². The van der Waals surface area contributed by atoms with Crippen LogP contribution in [0.25, 0.3) is 0 Å². The first-order valence-electron chi connectivity index (χ1n) is 5.50. The summed E-state index contributed by atoms with van der Waals surface area (Å²) in [4.78, 5) is 15.0. The number of carboxylic acid groups (broad SMARTS) is 1. The Labute approximate surface area is 104 Å². The Bertz CT molecular complexity index is 578. The Hall–Kier alpha value is -2.37. The molecule has 0 fully saturated rings.